The normalized spacial score (nSPS) is 21.3. The van der Waals surface area contributed by atoms with Gasteiger partial charge in [0, 0.05) is 43.8 Å². The second kappa shape index (κ2) is 9.43. The molecule has 29 heavy (non-hydrogen) atoms. The first-order valence-corrected chi connectivity index (χ1v) is 11.9. The highest BCUT2D eigenvalue weighted by atomic mass is 32.2. The Balaban J connectivity index is 1.50. The highest BCUT2D eigenvalue weighted by Crippen LogP contribution is 2.25. The summed E-state index contributed by atoms with van der Waals surface area (Å²) in [7, 11) is -0.717. The molecule has 3 atom stereocenters. The van der Waals surface area contributed by atoms with Crippen LogP contribution in [0.2, 0.25) is 0 Å². The van der Waals surface area contributed by atoms with Crippen molar-refractivity contribution < 1.29 is 8.95 Å². The number of nitriles is 1. The molecular formula is C23H29N3O2S. The van der Waals surface area contributed by atoms with E-state index in [9.17, 15) is 4.21 Å². The van der Waals surface area contributed by atoms with Crippen LogP contribution in [0.1, 0.15) is 18.1 Å². The summed E-state index contributed by atoms with van der Waals surface area (Å²) in [4.78, 5) is 3.21. The smallest absolute Gasteiger partial charge is 0.119 e. The van der Waals surface area contributed by atoms with Crippen molar-refractivity contribution in [2.75, 3.05) is 39.5 Å². The Labute approximate surface area is 174 Å². The lowest BCUT2D eigenvalue weighted by Gasteiger charge is -2.17. The molecule has 0 aliphatic carbocycles. The molecule has 6 heteroatoms. The first-order valence-electron chi connectivity index (χ1n) is 9.96. The van der Waals surface area contributed by atoms with Crippen molar-refractivity contribution in [3.63, 3.8) is 0 Å². The molecule has 0 radical (unpaired) electrons. The van der Waals surface area contributed by atoms with Crippen molar-refractivity contribution in [3.8, 4) is 11.8 Å². The maximum absolute atomic E-state index is 12.3. The van der Waals surface area contributed by atoms with Crippen molar-refractivity contribution in [2.45, 2.75) is 18.2 Å². The summed E-state index contributed by atoms with van der Waals surface area (Å²) in [5, 5.41) is 9.04. The van der Waals surface area contributed by atoms with E-state index in [1.165, 1.54) is 5.56 Å². The SMILES string of the molecule is CN=S(C)(=O)c1ccc(OC[C@@H]2CN(CCc3cccc(C#N)c3)C[C@H]2C)cc1. The average Bonchev–Trinajstić information content (AvgIpc) is 3.10. The van der Waals surface area contributed by atoms with E-state index >= 15 is 0 Å². The third-order valence-corrected chi connectivity index (χ3v) is 7.53. The molecule has 1 aliphatic rings. The fourth-order valence-corrected chi connectivity index (χ4v) is 4.57. The van der Waals surface area contributed by atoms with E-state index in [1.807, 2.05) is 42.5 Å². The molecule has 0 spiro atoms. The van der Waals surface area contributed by atoms with Crippen LogP contribution in [0.5, 0.6) is 5.75 Å². The van der Waals surface area contributed by atoms with Gasteiger partial charge in [-0.25, -0.2) is 8.57 Å². The first-order chi connectivity index (χ1) is 13.9. The summed E-state index contributed by atoms with van der Waals surface area (Å²) in [6.07, 6.45) is 2.60. The third-order valence-electron chi connectivity index (χ3n) is 5.69. The van der Waals surface area contributed by atoms with Crippen LogP contribution in [0, 0.1) is 23.2 Å². The molecule has 2 aromatic carbocycles. The van der Waals surface area contributed by atoms with Gasteiger partial charge in [0.25, 0.3) is 0 Å². The highest BCUT2D eigenvalue weighted by Gasteiger charge is 2.29. The molecule has 1 saturated heterocycles. The van der Waals surface area contributed by atoms with Gasteiger partial charge in [0.2, 0.25) is 0 Å². The van der Waals surface area contributed by atoms with Gasteiger partial charge in [-0.1, -0.05) is 19.1 Å². The number of hydrogen-bond acceptors (Lipinski definition) is 5. The number of rotatable bonds is 7. The molecule has 3 rings (SSSR count). The number of benzene rings is 2. The molecule has 2 aromatic rings. The number of nitrogens with zero attached hydrogens (tertiary/aromatic N) is 3. The van der Waals surface area contributed by atoms with Crippen LogP contribution in [0.15, 0.2) is 57.8 Å². The summed E-state index contributed by atoms with van der Waals surface area (Å²) in [6, 6.07) is 17.5. The van der Waals surface area contributed by atoms with Gasteiger partial charge >= 0.3 is 0 Å². The van der Waals surface area contributed by atoms with Crippen LogP contribution in [0.25, 0.3) is 0 Å². The first kappa shape index (κ1) is 21.4. The van der Waals surface area contributed by atoms with E-state index < -0.39 is 9.73 Å². The summed E-state index contributed by atoms with van der Waals surface area (Å²) < 4.78 is 22.3. The minimum absolute atomic E-state index is 0.487. The molecule has 5 nitrogen and oxygen atoms in total. The van der Waals surface area contributed by atoms with E-state index in [4.69, 9.17) is 10.00 Å². The lowest BCUT2D eigenvalue weighted by molar-refractivity contribution is 0.225. The molecule has 154 valence electrons. The Kier molecular flexibility index (Phi) is 6.94. The summed E-state index contributed by atoms with van der Waals surface area (Å²) in [5.74, 6) is 1.87. The summed E-state index contributed by atoms with van der Waals surface area (Å²) in [6.45, 7) is 6.05. The zero-order valence-corrected chi connectivity index (χ0v) is 18.2. The Morgan fingerprint density at radius 2 is 2.00 bits per heavy atom. The fraction of sp³-hybridized carbons (Fsp3) is 0.435. The number of ether oxygens (including phenoxy) is 1. The van der Waals surface area contributed by atoms with Gasteiger partial charge in [0.15, 0.2) is 0 Å². The van der Waals surface area contributed by atoms with Crippen molar-refractivity contribution in [2.24, 2.45) is 16.2 Å². The second-order valence-electron chi connectivity index (χ2n) is 7.83. The molecule has 0 amide bonds. The molecule has 1 unspecified atom stereocenters. The Morgan fingerprint density at radius 3 is 2.69 bits per heavy atom. The lowest BCUT2D eigenvalue weighted by Crippen LogP contribution is -2.24. The Hall–Kier alpha value is -2.36. The van der Waals surface area contributed by atoms with Crippen LogP contribution in [-0.4, -0.2) is 48.7 Å². The van der Waals surface area contributed by atoms with Gasteiger partial charge in [0.1, 0.15) is 5.75 Å². The second-order valence-corrected chi connectivity index (χ2v) is 10.3. The predicted octanol–water partition coefficient (Wildman–Crippen LogP) is 3.83. The van der Waals surface area contributed by atoms with Crippen LogP contribution < -0.4 is 4.74 Å². The largest absolute Gasteiger partial charge is 0.493 e. The molecule has 0 N–H and O–H groups in total. The van der Waals surface area contributed by atoms with Crippen molar-refractivity contribution in [1.82, 2.24) is 4.90 Å². The van der Waals surface area contributed by atoms with Gasteiger partial charge in [-0.15, -0.1) is 0 Å². The lowest BCUT2D eigenvalue weighted by atomic mass is 9.99. The zero-order chi connectivity index (χ0) is 20.9. The van der Waals surface area contributed by atoms with E-state index in [0.29, 0.717) is 18.4 Å². The summed E-state index contributed by atoms with van der Waals surface area (Å²) in [5.41, 5.74) is 1.93. The Bertz CT molecular complexity index is 988. The van der Waals surface area contributed by atoms with E-state index in [1.54, 1.807) is 13.3 Å². The fourth-order valence-electron chi connectivity index (χ4n) is 3.72. The third kappa shape index (κ3) is 5.59. The van der Waals surface area contributed by atoms with E-state index in [0.717, 1.165) is 42.3 Å². The van der Waals surface area contributed by atoms with E-state index in [2.05, 4.69) is 28.3 Å². The summed E-state index contributed by atoms with van der Waals surface area (Å²) >= 11 is 0. The highest BCUT2D eigenvalue weighted by molar-refractivity contribution is 7.93. The topological polar surface area (TPSA) is 65.7 Å². The standard InChI is InChI=1S/C23H29N3O2S/c1-18-15-26(12-11-19-5-4-6-20(13-19)14-24)16-21(18)17-28-22-7-9-23(10-8-22)29(3,27)25-2/h4-10,13,18,21H,11-12,15-17H2,1-3H3/t18-,21+,29?/m1/s1. The molecule has 1 aliphatic heterocycles. The molecule has 0 aromatic heterocycles. The van der Waals surface area contributed by atoms with Gasteiger partial charge in [-0.05, 0) is 54.3 Å². The van der Waals surface area contributed by atoms with Crippen LogP contribution in [-0.2, 0) is 16.1 Å². The monoisotopic (exact) mass is 411 g/mol. The van der Waals surface area contributed by atoms with Gasteiger partial charge < -0.3 is 9.64 Å². The minimum atomic E-state index is -2.30. The van der Waals surface area contributed by atoms with Crippen molar-refractivity contribution in [1.29, 1.82) is 5.26 Å². The molecule has 1 fully saturated rings. The van der Waals surface area contributed by atoms with E-state index in [-0.39, 0.29) is 0 Å². The molecule has 0 saturated carbocycles. The van der Waals surface area contributed by atoms with Crippen molar-refractivity contribution in [3.05, 3.63) is 59.7 Å². The molecule has 0 bridgehead atoms. The average molecular weight is 412 g/mol. The molecule has 1 heterocycles. The van der Waals surface area contributed by atoms with Crippen LogP contribution in [0.3, 0.4) is 0 Å². The van der Waals surface area contributed by atoms with Gasteiger partial charge in [-0.3, -0.25) is 0 Å². The predicted molar refractivity (Wildman–Crippen MR) is 117 cm³/mol. The van der Waals surface area contributed by atoms with Gasteiger partial charge in [-0.2, -0.15) is 5.26 Å². The van der Waals surface area contributed by atoms with Crippen LogP contribution >= 0.6 is 0 Å². The van der Waals surface area contributed by atoms with Crippen molar-refractivity contribution >= 4 is 9.73 Å². The minimum Gasteiger partial charge on any atom is -0.493 e. The Morgan fingerprint density at radius 1 is 1.24 bits per heavy atom. The maximum atomic E-state index is 12.3. The molecular weight excluding hydrogens is 382 g/mol. The van der Waals surface area contributed by atoms with Gasteiger partial charge in [0.05, 0.1) is 28.0 Å². The quantitative estimate of drug-likeness (QED) is 0.694. The zero-order valence-electron chi connectivity index (χ0n) is 17.4. The number of hydrogen-bond donors (Lipinski definition) is 0. The number of likely N-dealkylation sites (tertiary alicyclic amines) is 1. The maximum Gasteiger partial charge on any atom is 0.119 e. The van der Waals surface area contributed by atoms with Crippen LogP contribution in [0.4, 0.5) is 0 Å².